The number of phenolic OH excluding ortho intramolecular Hbond substituents is 1. The van der Waals surface area contributed by atoms with E-state index in [1.54, 1.807) is 6.07 Å². The smallest absolute Gasteiger partial charge is 0.148 e. The zero-order chi connectivity index (χ0) is 14.8. The molecule has 0 aromatic heterocycles. The highest BCUT2D eigenvalue weighted by molar-refractivity contribution is 7.90. The third-order valence-corrected chi connectivity index (χ3v) is 4.30. The van der Waals surface area contributed by atoms with Crippen LogP contribution < -0.4 is 5.32 Å². The lowest BCUT2D eigenvalue weighted by Gasteiger charge is -2.15. The van der Waals surface area contributed by atoms with Gasteiger partial charge in [-0.05, 0) is 23.8 Å². The van der Waals surface area contributed by atoms with Crippen LogP contribution in [0.25, 0.3) is 10.8 Å². The van der Waals surface area contributed by atoms with Gasteiger partial charge >= 0.3 is 0 Å². The second-order valence-corrected chi connectivity index (χ2v) is 7.34. The molecule has 0 saturated heterocycles. The standard InChI is InChI=1S/C15H19NO3S/c1-11(10-20(2,18)19)16-9-14-13-6-4-3-5-12(13)7-8-15(14)17/h3-8,11,16-17H,9-10H2,1-2H3. The van der Waals surface area contributed by atoms with Crippen LogP contribution in [0.5, 0.6) is 5.75 Å². The van der Waals surface area contributed by atoms with E-state index in [4.69, 9.17) is 0 Å². The molecule has 0 aliphatic heterocycles. The van der Waals surface area contributed by atoms with Crippen molar-refractivity contribution >= 4 is 20.6 Å². The van der Waals surface area contributed by atoms with Gasteiger partial charge in [0.05, 0.1) is 5.75 Å². The summed E-state index contributed by atoms with van der Waals surface area (Å²) in [4.78, 5) is 0. The number of phenols is 1. The number of hydrogen-bond acceptors (Lipinski definition) is 4. The maximum absolute atomic E-state index is 11.2. The van der Waals surface area contributed by atoms with Crippen LogP contribution >= 0.6 is 0 Å². The summed E-state index contributed by atoms with van der Waals surface area (Å²) in [6, 6.07) is 11.2. The fraction of sp³-hybridized carbons (Fsp3) is 0.333. The molecule has 2 rings (SSSR count). The van der Waals surface area contributed by atoms with Crippen LogP contribution in [0.15, 0.2) is 36.4 Å². The van der Waals surface area contributed by atoms with Crippen LogP contribution in [0.3, 0.4) is 0 Å². The number of fused-ring (bicyclic) bond motifs is 1. The second-order valence-electron chi connectivity index (χ2n) is 5.16. The van der Waals surface area contributed by atoms with E-state index in [9.17, 15) is 13.5 Å². The summed E-state index contributed by atoms with van der Waals surface area (Å²) in [6.07, 6.45) is 1.22. The molecule has 0 spiro atoms. The molecule has 0 fully saturated rings. The molecular formula is C15H19NO3S. The van der Waals surface area contributed by atoms with Gasteiger partial charge in [0.15, 0.2) is 0 Å². The van der Waals surface area contributed by atoms with Crippen molar-refractivity contribution < 1.29 is 13.5 Å². The van der Waals surface area contributed by atoms with Gasteiger partial charge in [-0.25, -0.2) is 8.42 Å². The van der Waals surface area contributed by atoms with E-state index >= 15 is 0 Å². The first kappa shape index (κ1) is 14.8. The van der Waals surface area contributed by atoms with Crippen molar-refractivity contribution in [2.45, 2.75) is 19.5 Å². The predicted molar refractivity (Wildman–Crippen MR) is 81.6 cm³/mol. The maximum atomic E-state index is 11.2. The highest BCUT2D eigenvalue weighted by Crippen LogP contribution is 2.26. The van der Waals surface area contributed by atoms with E-state index in [0.29, 0.717) is 6.54 Å². The van der Waals surface area contributed by atoms with Crippen molar-refractivity contribution in [3.8, 4) is 5.75 Å². The third kappa shape index (κ3) is 3.71. The summed E-state index contributed by atoms with van der Waals surface area (Å²) in [5, 5.41) is 15.2. The number of rotatable bonds is 5. The predicted octanol–water partition coefficient (Wildman–Crippen LogP) is 2.07. The Kier molecular flexibility index (Phi) is 4.30. The first-order chi connectivity index (χ1) is 9.37. The van der Waals surface area contributed by atoms with Gasteiger partial charge in [-0.15, -0.1) is 0 Å². The minimum atomic E-state index is -3.01. The molecule has 2 aromatic carbocycles. The van der Waals surface area contributed by atoms with Gasteiger partial charge in [-0.3, -0.25) is 0 Å². The number of sulfone groups is 1. The Morgan fingerprint density at radius 2 is 1.90 bits per heavy atom. The lowest BCUT2D eigenvalue weighted by molar-refractivity contribution is 0.463. The Balaban J connectivity index is 2.19. The SMILES string of the molecule is CC(CS(C)(=O)=O)NCc1c(O)ccc2ccccc12. The summed E-state index contributed by atoms with van der Waals surface area (Å²) in [6.45, 7) is 2.26. The quantitative estimate of drug-likeness (QED) is 0.885. The molecule has 2 N–H and O–H groups in total. The van der Waals surface area contributed by atoms with E-state index in [0.717, 1.165) is 16.3 Å². The molecule has 20 heavy (non-hydrogen) atoms. The lowest BCUT2D eigenvalue weighted by Crippen LogP contribution is -2.32. The molecule has 1 atom stereocenters. The Morgan fingerprint density at radius 3 is 2.60 bits per heavy atom. The van der Waals surface area contributed by atoms with Crippen LogP contribution in [-0.2, 0) is 16.4 Å². The normalized spacial score (nSPS) is 13.5. The van der Waals surface area contributed by atoms with Crippen molar-refractivity contribution in [3.05, 3.63) is 42.0 Å². The van der Waals surface area contributed by atoms with Gasteiger partial charge in [0.25, 0.3) is 0 Å². The van der Waals surface area contributed by atoms with E-state index in [2.05, 4.69) is 5.32 Å². The number of nitrogens with one attached hydrogen (secondary N) is 1. The Hall–Kier alpha value is -1.59. The first-order valence-corrected chi connectivity index (χ1v) is 8.53. The van der Waals surface area contributed by atoms with Gasteiger partial charge in [-0.1, -0.05) is 30.3 Å². The Labute approximate surface area is 119 Å². The average molecular weight is 293 g/mol. The first-order valence-electron chi connectivity index (χ1n) is 6.47. The van der Waals surface area contributed by atoms with Gasteiger partial charge in [-0.2, -0.15) is 0 Å². The molecule has 0 aliphatic rings. The van der Waals surface area contributed by atoms with E-state index in [-0.39, 0.29) is 17.5 Å². The summed E-state index contributed by atoms with van der Waals surface area (Å²) < 4.78 is 22.5. The monoisotopic (exact) mass is 293 g/mol. The highest BCUT2D eigenvalue weighted by Gasteiger charge is 2.12. The molecule has 0 radical (unpaired) electrons. The molecule has 0 aliphatic carbocycles. The summed E-state index contributed by atoms with van der Waals surface area (Å²) in [7, 11) is -3.01. The van der Waals surface area contributed by atoms with Crippen molar-refractivity contribution in [2.75, 3.05) is 12.0 Å². The Morgan fingerprint density at radius 1 is 1.20 bits per heavy atom. The van der Waals surface area contributed by atoms with E-state index in [1.165, 1.54) is 6.26 Å². The van der Waals surface area contributed by atoms with Crippen molar-refractivity contribution in [2.24, 2.45) is 0 Å². The molecular weight excluding hydrogens is 274 g/mol. The lowest BCUT2D eigenvalue weighted by atomic mass is 10.0. The minimum Gasteiger partial charge on any atom is -0.508 e. The topological polar surface area (TPSA) is 66.4 Å². The van der Waals surface area contributed by atoms with Gasteiger partial charge in [0.1, 0.15) is 15.6 Å². The summed E-state index contributed by atoms with van der Waals surface area (Å²) in [5.41, 5.74) is 0.795. The molecule has 2 aromatic rings. The third-order valence-electron chi connectivity index (χ3n) is 3.20. The van der Waals surface area contributed by atoms with E-state index in [1.807, 2.05) is 37.3 Å². The molecule has 0 saturated carbocycles. The zero-order valence-electron chi connectivity index (χ0n) is 11.6. The van der Waals surface area contributed by atoms with Crippen LogP contribution in [-0.4, -0.2) is 31.6 Å². The minimum absolute atomic E-state index is 0.0819. The Bertz CT molecular complexity index is 710. The molecule has 0 amide bonds. The highest BCUT2D eigenvalue weighted by atomic mass is 32.2. The fourth-order valence-electron chi connectivity index (χ4n) is 2.30. The molecule has 4 nitrogen and oxygen atoms in total. The van der Waals surface area contributed by atoms with E-state index < -0.39 is 9.84 Å². The molecule has 0 heterocycles. The zero-order valence-corrected chi connectivity index (χ0v) is 12.4. The van der Waals surface area contributed by atoms with Crippen molar-refractivity contribution in [1.82, 2.24) is 5.32 Å². The molecule has 108 valence electrons. The van der Waals surface area contributed by atoms with Gasteiger partial charge < -0.3 is 10.4 Å². The maximum Gasteiger partial charge on any atom is 0.148 e. The van der Waals surface area contributed by atoms with Crippen LogP contribution in [0.2, 0.25) is 0 Å². The molecule has 5 heteroatoms. The van der Waals surface area contributed by atoms with Gasteiger partial charge in [0.2, 0.25) is 0 Å². The number of hydrogen-bond donors (Lipinski definition) is 2. The second kappa shape index (κ2) is 5.81. The summed E-state index contributed by atoms with van der Waals surface area (Å²) in [5.74, 6) is 0.307. The number of aromatic hydroxyl groups is 1. The largest absolute Gasteiger partial charge is 0.508 e. The molecule has 0 bridgehead atoms. The van der Waals surface area contributed by atoms with Gasteiger partial charge in [0, 0.05) is 24.4 Å². The van der Waals surface area contributed by atoms with Crippen LogP contribution in [0.1, 0.15) is 12.5 Å². The molecule has 1 unspecified atom stereocenters. The van der Waals surface area contributed by atoms with Crippen molar-refractivity contribution in [1.29, 1.82) is 0 Å². The summed E-state index contributed by atoms with van der Waals surface area (Å²) >= 11 is 0. The van der Waals surface area contributed by atoms with Crippen LogP contribution in [0.4, 0.5) is 0 Å². The van der Waals surface area contributed by atoms with Crippen molar-refractivity contribution in [3.63, 3.8) is 0 Å². The average Bonchev–Trinajstić information content (AvgIpc) is 2.35. The fourth-order valence-corrected chi connectivity index (χ4v) is 3.33. The van der Waals surface area contributed by atoms with Crippen LogP contribution in [0, 0.1) is 0 Å². The number of benzene rings is 2.